The van der Waals surface area contributed by atoms with Crippen LogP contribution in [0.2, 0.25) is 0 Å². The van der Waals surface area contributed by atoms with E-state index in [1.54, 1.807) is 44.2 Å². The molecule has 1 unspecified atom stereocenters. The van der Waals surface area contributed by atoms with Crippen LogP contribution in [0.4, 0.5) is 9.18 Å². The Morgan fingerprint density at radius 1 is 1.12 bits per heavy atom. The van der Waals surface area contributed by atoms with Gasteiger partial charge in [0.05, 0.1) is 5.56 Å². The minimum atomic E-state index is -1.35. The molecular formula is C19H19FN2O4. The summed E-state index contributed by atoms with van der Waals surface area (Å²) >= 11 is 0. The molecule has 136 valence electrons. The average molecular weight is 358 g/mol. The van der Waals surface area contributed by atoms with Crippen molar-refractivity contribution in [3.63, 3.8) is 0 Å². The van der Waals surface area contributed by atoms with E-state index in [4.69, 9.17) is 4.74 Å². The van der Waals surface area contributed by atoms with Crippen molar-refractivity contribution in [2.75, 3.05) is 6.54 Å². The Morgan fingerprint density at radius 2 is 1.81 bits per heavy atom. The minimum absolute atomic E-state index is 0.0279. The highest BCUT2D eigenvalue weighted by Gasteiger charge is 2.27. The number of aryl methyl sites for hydroxylation is 1. The number of ether oxygens (including phenoxy) is 1. The number of esters is 1. The number of urea groups is 1. The molecule has 0 radical (unpaired) electrons. The highest BCUT2D eigenvalue weighted by atomic mass is 19.1. The number of amides is 3. The summed E-state index contributed by atoms with van der Waals surface area (Å²) in [5.41, 5.74) is 0.741. The van der Waals surface area contributed by atoms with E-state index in [0.29, 0.717) is 17.7 Å². The summed E-state index contributed by atoms with van der Waals surface area (Å²) < 4.78 is 18.9. The Kier molecular flexibility index (Phi) is 6.43. The molecule has 2 aromatic rings. The van der Waals surface area contributed by atoms with Crippen molar-refractivity contribution in [2.24, 2.45) is 0 Å². The Balaban J connectivity index is 2.23. The van der Waals surface area contributed by atoms with Crippen LogP contribution in [0.15, 0.2) is 48.5 Å². The van der Waals surface area contributed by atoms with Gasteiger partial charge >= 0.3 is 12.0 Å². The van der Waals surface area contributed by atoms with E-state index in [0.717, 1.165) is 6.07 Å². The van der Waals surface area contributed by atoms with Crippen molar-refractivity contribution in [3.05, 3.63) is 71.0 Å². The quantitative estimate of drug-likeness (QED) is 0.805. The number of carbonyl (C=O) groups excluding carboxylic acids is 3. The van der Waals surface area contributed by atoms with E-state index in [1.807, 2.05) is 0 Å². The van der Waals surface area contributed by atoms with Gasteiger partial charge in [-0.1, -0.05) is 36.4 Å². The van der Waals surface area contributed by atoms with Crippen LogP contribution in [-0.2, 0) is 9.53 Å². The number of imide groups is 1. The maximum Gasteiger partial charge on any atom is 0.339 e. The van der Waals surface area contributed by atoms with Gasteiger partial charge in [-0.2, -0.15) is 0 Å². The molecule has 0 saturated carbocycles. The summed E-state index contributed by atoms with van der Waals surface area (Å²) in [5.74, 6) is -2.23. The first-order chi connectivity index (χ1) is 12.4. The molecule has 0 spiro atoms. The van der Waals surface area contributed by atoms with Crippen molar-refractivity contribution in [1.82, 2.24) is 10.6 Å². The Morgan fingerprint density at radius 3 is 2.42 bits per heavy atom. The Bertz CT molecular complexity index is 808. The van der Waals surface area contributed by atoms with E-state index in [9.17, 15) is 18.8 Å². The van der Waals surface area contributed by atoms with Crippen molar-refractivity contribution in [3.8, 4) is 0 Å². The number of carbonyl (C=O) groups is 3. The van der Waals surface area contributed by atoms with Gasteiger partial charge in [0.15, 0.2) is 0 Å². The van der Waals surface area contributed by atoms with Crippen molar-refractivity contribution < 1.29 is 23.5 Å². The van der Waals surface area contributed by atoms with Crippen LogP contribution in [0.25, 0.3) is 0 Å². The number of hydrogen-bond acceptors (Lipinski definition) is 4. The number of hydrogen-bond donors (Lipinski definition) is 2. The second kappa shape index (κ2) is 8.75. The van der Waals surface area contributed by atoms with Crippen molar-refractivity contribution in [1.29, 1.82) is 0 Å². The van der Waals surface area contributed by atoms with Gasteiger partial charge in [0.25, 0.3) is 5.91 Å². The fourth-order valence-corrected chi connectivity index (χ4v) is 2.18. The molecule has 0 saturated heterocycles. The zero-order chi connectivity index (χ0) is 19.1. The molecule has 0 aliphatic carbocycles. The van der Waals surface area contributed by atoms with Crippen molar-refractivity contribution in [2.45, 2.75) is 20.0 Å². The average Bonchev–Trinajstić information content (AvgIpc) is 2.62. The fraction of sp³-hybridized carbons (Fsp3) is 0.211. The van der Waals surface area contributed by atoms with Gasteiger partial charge in [0.1, 0.15) is 5.82 Å². The summed E-state index contributed by atoms with van der Waals surface area (Å²) in [5, 5.41) is 4.54. The summed E-state index contributed by atoms with van der Waals surface area (Å²) in [6, 6.07) is 11.4. The van der Waals surface area contributed by atoms with Crippen LogP contribution in [0.5, 0.6) is 0 Å². The number of benzene rings is 2. The predicted molar refractivity (Wildman–Crippen MR) is 93.0 cm³/mol. The highest BCUT2D eigenvalue weighted by molar-refractivity contribution is 5.99. The monoisotopic (exact) mass is 358 g/mol. The SMILES string of the molecule is CCNC(=O)NC(=O)C(OC(=O)c1ccc(C)c(F)c1)c1ccccc1. The largest absolute Gasteiger partial charge is 0.444 e. The molecule has 0 aliphatic heterocycles. The molecule has 0 bridgehead atoms. The van der Waals surface area contributed by atoms with Gasteiger partial charge in [-0.05, 0) is 31.5 Å². The maximum absolute atomic E-state index is 13.7. The third kappa shape index (κ3) is 4.89. The third-order valence-corrected chi connectivity index (χ3v) is 3.55. The molecule has 2 N–H and O–H groups in total. The zero-order valence-corrected chi connectivity index (χ0v) is 14.4. The first-order valence-corrected chi connectivity index (χ1v) is 8.03. The van der Waals surface area contributed by atoms with E-state index < -0.39 is 29.8 Å². The molecule has 2 rings (SSSR count). The smallest absolute Gasteiger partial charge is 0.339 e. The molecule has 2 aromatic carbocycles. The molecule has 7 heteroatoms. The van der Waals surface area contributed by atoms with Crippen LogP contribution < -0.4 is 10.6 Å². The Labute approximate surface area is 150 Å². The number of rotatable bonds is 5. The van der Waals surface area contributed by atoms with Crippen LogP contribution in [0.3, 0.4) is 0 Å². The van der Waals surface area contributed by atoms with Crippen LogP contribution in [0.1, 0.15) is 34.5 Å². The second-order valence-electron chi connectivity index (χ2n) is 5.51. The van der Waals surface area contributed by atoms with Crippen LogP contribution in [-0.4, -0.2) is 24.5 Å². The lowest BCUT2D eigenvalue weighted by Crippen LogP contribution is -2.42. The Hall–Kier alpha value is -3.22. The van der Waals surface area contributed by atoms with E-state index >= 15 is 0 Å². The molecule has 0 aliphatic rings. The van der Waals surface area contributed by atoms with E-state index in [1.165, 1.54) is 12.1 Å². The lowest BCUT2D eigenvalue weighted by molar-refractivity contribution is -0.129. The topological polar surface area (TPSA) is 84.5 Å². The van der Waals surface area contributed by atoms with Gasteiger partial charge in [-0.3, -0.25) is 10.1 Å². The number of halogens is 1. The molecular weight excluding hydrogens is 339 g/mol. The molecule has 0 fully saturated rings. The first kappa shape index (κ1) is 19.1. The van der Waals surface area contributed by atoms with Gasteiger partial charge in [0.2, 0.25) is 6.10 Å². The maximum atomic E-state index is 13.7. The van der Waals surface area contributed by atoms with Crippen LogP contribution >= 0.6 is 0 Å². The molecule has 0 aromatic heterocycles. The van der Waals surface area contributed by atoms with Crippen molar-refractivity contribution >= 4 is 17.9 Å². The molecule has 26 heavy (non-hydrogen) atoms. The lowest BCUT2D eigenvalue weighted by atomic mass is 10.1. The molecule has 3 amide bonds. The summed E-state index contributed by atoms with van der Waals surface area (Å²) in [6.07, 6.45) is -1.35. The van der Waals surface area contributed by atoms with E-state index in [-0.39, 0.29) is 5.56 Å². The molecule has 0 heterocycles. The summed E-state index contributed by atoms with van der Waals surface area (Å²) in [7, 11) is 0. The van der Waals surface area contributed by atoms with Gasteiger partial charge in [0, 0.05) is 12.1 Å². The summed E-state index contributed by atoms with van der Waals surface area (Å²) in [4.78, 5) is 36.3. The minimum Gasteiger partial charge on any atom is -0.444 e. The predicted octanol–water partition coefficient (Wildman–Crippen LogP) is 2.88. The fourth-order valence-electron chi connectivity index (χ4n) is 2.18. The van der Waals surface area contributed by atoms with E-state index in [2.05, 4.69) is 10.6 Å². The highest BCUT2D eigenvalue weighted by Crippen LogP contribution is 2.20. The second-order valence-corrected chi connectivity index (χ2v) is 5.51. The zero-order valence-electron chi connectivity index (χ0n) is 14.4. The number of nitrogens with one attached hydrogen (secondary N) is 2. The van der Waals surface area contributed by atoms with Gasteiger partial charge in [-0.25, -0.2) is 14.0 Å². The molecule has 1 atom stereocenters. The normalized spacial score (nSPS) is 11.3. The standard InChI is InChI=1S/C19H19FN2O4/c1-3-21-19(25)22-17(23)16(13-7-5-4-6-8-13)26-18(24)14-10-9-12(2)15(20)11-14/h4-11,16H,3H2,1-2H3,(H2,21,22,23,25). The first-order valence-electron chi connectivity index (χ1n) is 8.03. The molecule has 6 nitrogen and oxygen atoms in total. The lowest BCUT2D eigenvalue weighted by Gasteiger charge is -2.18. The van der Waals surface area contributed by atoms with Crippen LogP contribution in [0, 0.1) is 12.7 Å². The van der Waals surface area contributed by atoms with Gasteiger partial charge in [-0.15, -0.1) is 0 Å². The third-order valence-electron chi connectivity index (χ3n) is 3.55. The summed E-state index contributed by atoms with van der Waals surface area (Å²) in [6.45, 7) is 3.60. The van der Waals surface area contributed by atoms with Gasteiger partial charge < -0.3 is 10.1 Å².